The molecule has 8 heteroatoms. The Morgan fingerprint density at radius 2 is 1.73 bits per heavy atom. The highest BCUT2D eigenvalue weighted by Gasteiger charge is 2.20. The number of esters is 1. The summed E-state index contributed by atoms with van der Waals surface area (Å²) in [7, 11) is 0. The number of carbonyl (C=O) groups excluding carboxylic acids is 2. The molecule has 0 amide bonds. The summed E-state index contributed by atoms with van der Waals surface area (Å²) < 4.78 is 7.04. The van der Waals surface area contributed by atoms with Crippen molar-refractivity contribution in [1.29, 1.82) is 0 Å². The van der Waals surface area contributed by atoms with Crippen LogP contribution in [0.2, 0.25) is 0 Å². The number of nitrogen functional groups attached to an aromatic ring is 1. The summed E-state index contributed by atoms with van der Waals surface area (Å²) in [6, 6.07) is 13.3. The van der Waals surface area contributed by atoms with Crippen LogP contribution in [0, 0.1) is 30.9 Å². The predicted octanol–water partition coefficient (Wildman–Crippen LogP) is 3.93. The van der Waals surface area contributed by atoms with Gasteiger partial charge in [0, 0.05) is 28.7 Å². The van der Waals surface area contributed by atoms with Gasteiger partial charge in [-0.1, -0.05) is 17.7 Å². The summed E-state index contributed by atoms with van der Waals surface area (Å²) >= 11 is 0. The smallest absolute Gasteiger partial charge is 0.338 e. The monoisotopic (exact) mass is 407 g/mol. The van der Waals surface area contributed by atoms with E-state index in [0.29, 0.717) is 5.56 Å². The molecule has 0 aliphatic heterocycles. The van der Waals surface area contributed by atoms with Gasteiger partial charge in [0.1, 0.15) is 5.69 Å². The second-order valence-corrected chi connectivity index (χ2v) is 6.99. The lowest BCUT2D eigenvalue weighted by Gasteiger charge is -2.10. The Morgan fingerprint density at radius 3 is 2.37 bits per heavy atom. The van der Waals surface area contributed by atoms with Gasteiger partial charge in [0.05, 0.1) is 10.5 Å². The summed E-state index contributed by atoms with van der Waals surface area (Å²) in [4.78, 5) is 35.2. The van der Waals surface area contributed by atoms with Crippen molar-refractivity contribution < 1.29 is 19.2 Å². The van der Waals surface area contributed by atoms with Crippen LogP contribution in [0.15, 0.2) is 48.5 Å². The molecule has 30 heavy (non-hydrogen) atoms. The van der Waals surface area contributed by atoms with Crippen LogP contribution in [0.3, 0.4) is 0 Å². The van der Waals surface area contributed by atoms with Crippen LogP contribution in [-0.4, -0.2) is 27.8 Å². The first-order valence-corrected chi connectivity index (χ1v) is 9.19. The Morgan fingerprint density at radius 1 is 1.07 bits per heavy atom. The van der Waals surface area contributed by atoms with E-state index in [1.54, 1.807) is 6.07 Å². The van der Waals surface area contributed by atoms with Crippen LogP contribution in [0.4, 0.5) is 11.4 Å². The lowest BCUT2D eigenvalue weighted by Crippen LogP contribution is -2.15. The number of hydrogen-bond acceptors (Lipinski definition) is 6. The number of benzene rings is 2. The first kappa shape index (κ1) is 20.8. The largest absolute Gasteiger partial charge is 0.454 e. The molecule has 0 unspecified atom stereocenters. The average Bonchev–Trinajstić information content (AvgIpc) is 3.01. The Hall–Kier alpha value is -3.94. The molecular weight excluding hydrogens is 386 g/mol. The van der Waals surface area contributed by atoms with Gasteiger partial charge in [-0.3, -0.25) is 14.9 Å². The number of ether oxygens (including phenoxy) is 1. The molecule has 3 aromatic rings. The molecule has 0 radical (unpaired) electrons. The number of nitrogens with zero attached hydrogens (tertiary/aromatic N) is 2. The van der Waals surface area contributed by atoms with Crippen molar-refractivity contribution in [3.05, 3.63) is 86.7 Å². The number of Topliss-reactive ketones (excluding diaryl/α,β-unsaturated/α-hetero) is 1. The van der Waals surface area contributed by atoms with Crippen LogP contribution in [-0.2, 0) is 4.74 Å². The van der Waals surface area contributed by atoms with E-state index in [4.69, 9.17) is 10.5 Å². The summed E-state index contributed by atoms with van der Waals surface area (Å²) in [5, 5.41) is 11.0. The number of aromatic nitrogens is 1. The Bertz CT molecular complexity index is 1150. The second kappa shape index (κ2) is 8.20. The minimum Gasteiger partial charge on any atom is -0.454 e. The number of carbonyl (C=O) groups is 2. The highest BCUT2D eigenvalue weighted by atomic mass is 16.6. The normalized spacial score (nSPS) is 10.6. The van der Waals surface area contributed by atoms with Crippen molar-refractivity contribution in [3.63, 3.8) is 0 Å². The Kier molecular flexibility index (Phi) is 5.68. The maximum Gasteiger partial charge on any atom is 0.338 e. The highest BCUT2D eigenvalue weighted by molar-refractivity contribution is 6.00. The molecule has 0 fully saturated rings. The van der Waals surface area contributed by atoms with E-state index in [0.717, 1.165) is 28.7 Å². The minimum atomic E-state index is -0.834. The van der Waals surface area contributed by atoms with Crippen molar-refractivity contribution >= 4 is 23.1 Å². The molecule has 1 heterocycles. The molecule has 2 aromatic carbocycles. The number of rotatable bonds is 6. The molecule has 0 aliphatic rings. The average molecular weight is 407 g/mol. The van der Waals surface area contributed by atoms with Crippen LogP contribution in [0.1, 0.15) is 37.7 Å². The lowest BCUT2D eigenvalue weighted by atomic mass is 10.1. The van der Waals surface area contributed by atoms with E-state index in [2.05, 4.69) is 0 Å². The minimum absolute atomic E-state index is 0.0474. The fraction of sp³-hybridized carbons (Fsp3) is 0.182. The summed E-state index contributed by atoms with van der Waals surface area (Å²) in [5.74, 6) is -1.20. The van der Waals surface area contributed by atoms with Crippen molar-refractivity contribution in [1.82, 2.24) is 4.57 Å². The SMILES string of the molecule is Cc1ccc(-n2c(C)cc(C(=O)COC(=O)c3ccc(N)c([N+](=O)[O-])c3)c2C)cc1. The fourth-order valence-corrected chi connectivity index (χ4v) is 3.26. The molecule has 0 spiro atoms. The quantitative estimate of drug-likeness (QED) is 0.217. The number of hydrogen-bond donors (Lipinski definition) is 1. The van der Waals surface area contributed by atoms with E-state index in [1.165, 1.54) is 12.1 Å². The topological polar surface area (TPSA) is 117 Å². The van der Waals surface area contributed by atoms with Gasteiger partial charge in [0.15, 0.2) is 6.61 Å². The van der Waals surface area contributed by atoms with E-state index < -0.39 is 23.2 Å². The molecule has 0 atom stereocenters. The van der Waals surface area contributed by atoms with Gasteiger partial charge >= 0.3 is 5.97 Å². The summed E-state index contributed by atoms with van der Waals surface area (Å²) in [6.07, 6.45) is 0. The third kappa shape index (κ3) is 4.07. The number of nitro groups is 1. The fourth-order valence-electron chi connectivity index (χ4n) is 3.26. The zero-order valence-corrected chi connectivity index (χ0v) is 16.8. The number of anilines is 1. The van der Waals surface area contributed by atoms with Crippen molar-refractivity contribution in [3.8, 4) is 5.69 Å². The third-order valence-electron chi connectivity index (χ3n) is 4.82. The molecular formula is C22H21N3O5. The maximum absolute atomic E-state index is 12.7. The molecule has 0 bridgehead atoms. The van der Waals surface area contributed by atoms with Gasteiger partial charge in [0.25, 0.3) is 5.69 Å². The molecule has 8 nitrogen and oxygen atoms in total. The molecule has 154 valence electrons. The van der Waals surface area contributed by atoms with E-state index in [1.807, 2.05) is 49.6 Å². The van der Waals surface area contributed by atoms with Crippen LogP contribution < -0.4 is 5.73 Å². The molecule has 0 saturated carbocycles. The van der Waals surface area contributed by atoms with Crippen LogP contribution in [0.5, 0.6) is 0 Å². The first-order chi connectivity index (χ1) is 14.2. The molecule has 1 aromatic heterocycles. The van der Waals surface area contributed by atoms with Crippen molar-refractivity contribution in [2.75, 3.05) is 12.3 Å². The summed E-state index contributed by atoms with van der Waals surface area (Å²) in [5.41, 5.74) is 9.15. The molecule has 3 rings (SSSR count). The van der Waals surface area contributed by atoms with E-state index in [-0.39, 0.29) is 17.0 Å². The highest BCUT2D eigenvalue weighted by Crippen LogP contribution is 2.24. The third-order valence-corrected chi connectivity index (χ3v) is 4.82. The molecule has 0 aliphatic carbocycles. The van der Waals surface area contributed by atoms with Crippen molar-refractivity contribution in [2.24, 2.45) is 0 Å². The van der Waals surface area contributed by atoms with Gasteiger partial charge in [-0.25, -0.2) is 4.79 Å². The zero-order valence-electron chi connectivity index (χ0n) is 16.8. The second-order valence-electron chi connectivity index (χ2n) is 6.99. The lowest BCUT2D eigenvalue weighted by molar-refractivity contribution is -0.383. The summed E-state index contributed by atoms with van der Waals surface area (Å²) in [6.45, 7) is 5.24. The van der Waals surface area contributed by atoms with Gasteiger partial charge < -0.3 is 15.0 Å². The number of ketones is 1. The maximum atomic E-state index is 12.7. The number of nitrogens with two attached hydrogens (primary N) is 1. The van der Waals surface area contributed by atoms with E-state index in [9.17, 15) is 19.7 Å². The van der Waals surface area contributed by atoms with Crippen molar-refractivity contribution in [2.45, 2.75) is 20.8 Å². The molecule has 2 N–H and O–H groups in total. The van der Waals surface area contributed by atoms with Crippen LogP contribution >= 0.6 is 0 Å². The van der Waals surface area contributed by atoms with Gasteiger partial charge in [0.2, 0.25) is 5.78 Å². The first-order valence-electron chi connectivity index (χ1n) is 9.19. The predicted molar refractivity (Wildman–Crippen MR) is 112 cm³/mol. The number of aryl methyl sites for hydroxylation is 2. The zero-order chi connectivity index (χ0) is 22.0. The Balaban J connectivity index is 1.76. The number of nitro benzene ring substituents is 1. The van der Waals surface area contributed by atoms with Gasteiger partial charge in [-0.2, -0.15) is 0 Å². The Labute approximate surface area is 173 Å². The van der Waals surface area contributed by atoms with Gasteiger partial charge in [-0.05, 0) is 51.1 Å². The van der Waals surface area contributed by atoms with Gasteiger partial charge in [-0.15, -0.1) is 0 Å². The molecule has 0 saturated heterocycles. The van der Waals surface area contributed by atoms with E-state index >= 15 is 0 Å². The van der Waals surface area contributed by atoms with Crippen LogP contribution in [0.25, 0.3) is 5.69 Å². The standard InChI is InChI=1S/C22H21N3O5/c1-13-4-7-17(8-5-13)24-14(2)10-18(15(24)3)21(26)12-30-22(27)16-6-9-19(23)20(11-16)25(28)29/h4-11H,12,23H2,1-3H3.